The lowest BCUT2D eigenvalue weighted by Gasteiger charge is -2.07. The number of rotatable bonds is 6. The van der Waals surface area contributed by atoms with Crippen molar-refractivity contribution in [2.24, 2.45) is 11.0 Å². The van der Waals surface area contributed by atoms with E-state index in [1.54, 1.807) is 32.6 Å². The van der Waals surface area contributed by atoms with Gasteiger partial charge in [0.25, 0.3) is 0 Å². The van der Waals surface area contributed by atoms with Crippen molar-refractivity contribution in [2.45, 2.75) is 12.3 Å². The van der Waals surface area contributed by atoms with Crippen molar-refractivity contribution >= 4 is 12.1 Å². The molecule has 124 valence electrons. The van der Waals surface area contributed by atoms with Gasteiger partial charge >= 0.3 is 0 Å². The Morgan fingerprint density at radius 3 is 2.58 bits per heavy atom. The Morgan fingerprint density at radius 1 is 1.12 bits per heavy atom. The fourth-order valence-electron chi connectivity index (χ4n) is 2.74. The summed E-state index contributed by atoms with van der Waals surface area (Å²) in [6.45, 7) is 0. The van der Waals surface area contributed by atoms with E-state index >= 15 is 0 Å². The van der Waals surface area contributed by atoms with Gasteiger partial charge in [0, 0.05) is 5.92 Å². The van der Waals surface area contributed by atoms with Crippen LogP contribution in [0, 0.1) is 5.92 Å². The lowest BCUT2D eigenvalue weighted by molar-refractivity contribution is -0.122. The van der Waals surface area contributed by atoms with Crippen LogP contribution in [0.5, 0.6) is 11.5 Å². The van der Waals surface area contributed by atoms with Gasteiger partial charge in [-0.25, -0.2) is 5.43 Å². The third kappa shape index (κ3) is 3.56. The minimum Gasteiger partial charge on any atom is -0.493 e. The van der Waals surface area contributed by atoms with E-state index in [1.807, 2.05) is 24.3 Å². The predicted molar refractivity (Wildman–Crippen MR) is 92.6 cm³/mol. The molecule has 0 radical (unpaired) electrons. The van der Waals surface area contributed by atoms with Crippen molar-refractivity contribution in [1.82, 2.24) is 5.43 Å². The molecular formula is C19H20N2O3. The normalized spacial score (nSPS) is 19.1. The van der Waals surface area contributed by atoms with E-state index in [0.29, 0.717) is 17.4 Å². The Bertz CT molecular complexity index is 744. The van der Waals surface area contributed by atoms with Gasteiger partial charge in [-0.1, -0.05) is 30.3 Å². The minimum absolute atomic E-state index is 0.00922. The highest BCUT2D eigenvalue weighted by atomic mass is 16.5. The maximum atomic E-state index is 12.1. The Balaban J connectivity index is 1.56. The molecule has 1 saturated carbocycles. The SMILES string of the molecule is COc1ccc(/C=N\NC(=O)[C@@H]2C[C@@H]2c2ccccc2)cc1OC. The first-order valence-electron chi connectivity index (χ1n) is 7.83. The second kappa shape index (κ2) is 7.17. The van der Waals surface area contributed by atoms with E-state index < -0.39 is 0 Å². The highest BCUT2D eigenvalue weighted by Crippen LogP contribution is 2.47. The quantitative estimate of drug-likeness (QED) is 0.656. The maximum absolute atomic E-state index is 12.1. The molecule has 1 aliphatic carbocycles. The number of carbonyl (C=O) groups excluding carboxylic acids is 1. The zero-order valence-corrected chi connectivity index (χ0v) is 13.7. The van der Waals surface area contributed by atoms with Gasteiger partial charge < -0.3 is 9.47 Å². The molecule has 0 heterocycles. The number of hydrogen-bond donors (Lipinski definition) is 1. The molecule has 0 unspecified atom stereocenters. The molecule has 2 aromatic carbocycles. The van der Waals surface area contributed by atoms with Gasteiger partial charge in [0.15, 0.2) is 11.5 Å². The number of carbonyl (C=O) groups is 1. The van der Waals surface area contributed by atoms with Crippen molar-refractivity contribution in [3.63, 3.8) is 0 Å². The average Bonchev–Trinajstić information content (AvgIpc) is 3.43. The van der Waals surface area contributed by atoms with Gasteiger partial charge in [0.05, 0.1) is 20.4 Å². The molecule has 24 heavy (non-hydrogen) atoms. The monoisotopic (exact) mass is 324 g/mol. The van der Waals surface area contributed by atoms with Crippen LogP contribution < -0.4 is 14.9 Å². The fourth-order valence-corrected chi connectivity index (χ4v) is 2.74. The summed E-state index contributed by atoms with van der Waals surface area (Å²) in [5, 5.41) is 4.04. The molecular weight excluding hydrogens is 304 g/mol. The van der Waals surface area contributed by atoms with E-state index in [2.05, 4.69) is 22.7 Å². The van der Waals surface area contributed by atoms with Crippen LogP contribution in [0.3, 0.4) is 0 Å². The zero-order valence-electron chi connectivity index (χ0n) is 13.7. The maximum Gasteiger partial charge on any atom is 0.243 e. The van der Waals surface area contributed by atoms with E-state index in [-0.39, 0.29) is 11.8 Å². The molecule has 5 nitrogen and oxygen atoms in total. The topological polar surface area (TPSA) is 59.9 Å². The van der Waals surface area contributed by atoms with Crippen molar-refractivity contribution in [1.29, 1.82) is 0 Å². The third-order valence-corrected chi connectivity index (χ3v) is 4.15. The summed E-state index contributed by atoms with van der Waals surface area (Å²) in [5.74, 6) is 1.56. The molecule has 1 fully saturated rings. The van der Waals surface area contributed by atoms with Crippen LogP contribution in [-0.4, -0.2) is 26.3 Å². The van der Waals surface area contributed by atoms with Gasteiger partial charge in [0.1, 0.15) is 0 Å². The Kier molecular flexibility index (Phi) is 4.79. The molecule has 0 bridgehead atoms. The van der Waals surface area contributed by atoms with Crippen molar-refractivity contribution < 1.29 is 14.3 Å². The fraction of sp³-hybridized carbons (Fsp3) is 0.263. The zero-order chi connectivity index (χ0) is 16.9. The summed E-state index contributed by atoms with van der Waals surface area (Å²) in [5.41, 5.74) is 4.65. The van der Waals surface area contributed by atoms with Crippen molar-refractivity contribution in [2.75, 3.05) is 14.2 Å². The van der Waals surface area contributed by atoms with Gasteiger partial charge in [-0.2, -0.15) is 5.10 Å². The molecule has 3 rings (SSSR count). The second-order valence-electron chi connectivity index (χ2n) is 5.71. The number of nitrogens with zero attached hydrogens (tertiary/aromatic N) is 1. The molecule has 1 N–H and O–H groups in total. The number of hydrogen-bond acceptors (Lipinski definition) is 4. The smallest absolute Gasteiger partial charge is 0.243 e. The van der Waals surface area contributed by atoms with Crippen molar-refractivity contribution in [3.8, 4) is 11.5 Å². The minimum atomic E-state index is -0.0411. The summed E-state index contributed by atoms with van der Waals surface area (Å²) in [6.07, 6.45) is 2.47. The molecule has 1 aliphatic rings. The van der Waals surface area contributed by atoms with Crippen LogP contribution in [0.4, 0.5) is 0 Å². The van der Waals surface area contributed by atoms with Gasteiger partial charge in [0.2, 0.25) is 5.91 Å². The first kappa shape index (κ1) is 16.1. The first-order chi connectivity index (χ1) is 11.7. The summed E-state index contributed by atoms with van der Waals surface area (Å²) in [6, 6.07) is 15.5. The van der Waals surface area contributed by atoms with Crippen LogP contribution in [0.15, 0.2) is 53.6 Å². The van der Waals surface area contributed by atoms with Crippen LogP contribution in [-0.2, 0) is 4.79 Å². The summed E-state index contributed by atoms with van der Waals surface area (Å²) < 4.78 is 10.4. The Morgan fingerprint density at radius 2 is 1.88 bits per heavy atom. The van der Waals surface area contributed by atoms with Crippen LogP contribution >= 0.6 is 0 Å². The summed E-state index contributed by atoms with van der Waals surface area (Å²) in [7, 11) is 3.17. The Labute approximate surface area is 141 Å². The van der Waals surface area contributed by atoms with Gasteiger partial charge in [-0.05, 0) is 41.7 Å². The van der Waals surface area contributed by atoms with Crippen molar-refractivity contribution in [3.05, 3.63) is 59.7 Å². The number of benzene rings is 2. The van der Waals surface area contributed by atoms with Crippen LogP contribution in [0.2, 0.25) is 0 Å². The highest BCUT2D eigenvalue weighted by molar-refractivity contribution is 5.86. The highest BCUT2D eigenvalue weighted by Gasteiger charge is 2.43. The summed E-state index contributed by atoms with van der Waals surface area (Å²) >= 11 is 0. The van der Waals surface area contributed by atoms with Crippen LogP contribution in [0.25, 0.3) is 0 Å². The number of amides is 1. The third-order valence-electron chi connectivity index (χ3n) is 4.15. The second-order valence-corrected chi connectivity index (χ2v) is 5.71. The number of methoxy groups -OCH3 is 2. The van der Waals surface area contributed by atoms with E-state index in [9.17, 15) is 4.79 Å². The van der Waals surface area contributed by atoms with E-state index in [4.69, 9.17) is 9.47 Å². The van der Waals surface area contributed by atoms with Gasteiger partial charge in [-0.3, -0.25) is 4.79 Å². The number of ether oxygens (including phenoxy) is 2. The Hall–Kier alpha value is -2.82. The van der Waals surface area contributed by atoms with Crippen LogP contribution in [0.1, 0.15) is 23.5 Å². The van der Waals surface area contributed by atoms with Gasteiger partial charge in [-0.15, -0.1) is 0 Å². The number of nitrogens with one attached hydrogen (secondary N) is 1. The molecule has 1 amide bonds. The first-order valence-corrected chi connectivity index (χ1v) is 7.83. The lowest BCUT2D eigenvalue weighted by Crippen LogP contribution is -2.20. The molecule has 0 saturated heterocycles. The predicted octanol–water partition coefficient (Wildman–Crippen LogP) is 2.96. The molecule has 2 aromatic rings. The summed E-state index contributed by atoms with van der Waals surface area (Å²) in [4.78, 5) is 12.1. The lowest BCUT2D eigenvalue weighted by atomic mass is 10.1. The molecule has 2 atom stereocenters. The molecule has 5 heteroatoms. The number of hydrazone groups is 1. The average molecular weight is 324 g/mol. The van der Waals surface area contributed by atoms with E-state index in [0.717, 1.165) is 12.0 Å². The largest absolute Gasteiger partial charge is 0.493 e. The molecule has 0 aliphatic heterocycles. The standard InChI is InChI=1S/C19H20N2O3/c1-23-17-9-8-13(10-18(17)24-2)12-20-21-19(22)16-11-15(16)14-6-4-3-5-7-14/h3-10,12,15-16H,11H2,1-2H3,(H,21,22)/b20-12-/t15-,16-/m1/s1. The molecule has 0 aromatic heterocycles. The van der Waals surface area contributed by atoms with E-state index in [1.165, 1.54) is 5.56 Å². The molecule has 0 spiro atoms.